The number of nitrogens with zero attached hydrogens (tertiary/aromatic N) is 1. The average molecular weight is 398 g/mol. The molecule has 0 saturated carbocycles. The Kier molecular flexibility index (Phi) is 3.52. The number of hydrogen-bond acceptors (Lipinski definition) is 4. The molecule has 2 aliphatic heterocycles. The van der Waals surface area contributed by atoms with Crippen molar-refractivity contribution >= 4 is 46.2 Å². The molecule has 3 rings (SSSR count). The first-order valence-corrected chi connectivity index (χ1v) is 7.96. The molecule has 1 saturated heterocycles. The Morgan fingerprint density at radius 2 is 1.95 bits per heavy atom. The Labute approximate surface area is 134 Å². The van der Waals surface area contributed by atoms with E-state index in [9.17, 15) is 19.2 Å². The summed E-state index contributed by atoms with van der Waals surface area (Å²) in [7, 11) is 0. The molecule has 2 aliphatic rings. The van der Waals surface area contributed by atoms with Crippen molar-refractivity contribution in [1.29, 1.82) is 0 Å². The van der Waals surface area contributed by atoms with Gasteiger partial charge in [-0.25, -0.2) is 0 Å². The second kappa shape index (κ2) is 5.21. The summed E-state index contributed by atoms with van der Waals surface area (Å²) in [5, 5.41) is 2.18. The summed E-state index contributed by atoms with van der Waals surface area (Å²) in [6, 6.07) is 4.21. The maximum absolute atomic E-state index is 12.6. The van der Waals surface area contributed by atoms with Crippen LogP contribution in [0, 0.1) is 0 Å². The van der Waals surface area contributed by atoms with Gasteiger partial charge in [-0.3, -0.25) is 29.4 Å². The molecule has 1 aromatic carbocycles. The third-order valence-corrected chi connectivity index (χ3v) is 4.52. The van der Waals surface area contributed by atoms with Crippen molar-refractivity contribution in [2.24, 2.45) is 0 Å². The Morgan fingerprint density at radius 3 is 2.62 bits per heavy atom. The summed E-state index contributed by atoms with van der Waals surface area (Å²) >= 11 is 2.13. The maximum Gasteiger partial charge on any atom is 0.262 e. The molecule has 21 heavy (non-hydrogen) atoms. The highest BCUT2D eigenvalue weighted by Gasteiger charge is 2.45. The van der Waals surface area contributed by atoms with Gasteiger partial charge in [-0.15, -0.1) is 0 Å². The first kappa shape index (κ1) is 14.2. The highest BCUT2D eigenvalue weighted by Crippen LogP contribution is 2.30. The molecule has 108 valence electrons. The van der Waals surface area contributed by atoms with Gasteiger partial charge in [0.15, 0.2) is 0 Å². The quantitative estimate of drug-likeness (QED) is 0.458. The molecule has 1 atom stereocenters. The lowest BCUT2D eigenvalue weighted by atomic mass is 10.0. The van der Waals surface area contributed by atoms with Gasteiger partial charge in [0.25, 0.3) is 11.8 Å². The minimum Gasteiger partial charge on any atom is -0.295 e. The summed E-state index contributed by atoms with van der Waals surface area (Å²) in [4.78, 5) is 49.1. The van der Waals surface area contributed by atoms with Gasteiger partial charge in [0.05, 0.1) is 11.1 Å². The Morgan fingerprint density at radius 1 is 1.19 bits per heavy atom. The second-order valence-electron chi connectivity index (χ2n) is 4.92. The van der Waals surface area contributed by atoms with Gasteiger partial charge in [0.2, 0.25) is 11.8 Å². The van der Waals surface area contributed by atoms with E-state index in [1.165, 1.54) is 0 Å². The number of piperidine rings is 1. The number of imide groups is 2. The van der Waals surface area contributed by atoms with E-state index in [2.05, 4.69) is 27.9 Å². The molecular weight excluding hydrogens is 387 g/mol. The van der Waals surface area contributed by atoms with Crippen LogP contribution in [0.1, 0.15) is 39.1 Å². The molecule has 1 N–H and O–H groups in total. The molecule has 7 heteroatoms. The van der Waals surface area contributed by atoms with Crippen molar-refractivity contribution in [3.05, 3.63) is 34.9 Å². The van der Waals surface area contributed by atoms with Crippen LogP contribution >= 0.6 is 22.6 Å². The topological polar surface area (TPSA) is 83.6 Å². The van der Waals surface area contributed by atoms with Crippen molar-refractivity contribution in [3.63, 3.8) is 0 Å². The van der Waals surface area contributed by atoms with Crippen LogP contribution in [0.3, 0.4) is 0 Å². The first-order chi connectivity index (χ1) is 10.0. The van der Waals surface area contributed by atoms with Crippen LogP contribution in [-0.2, 0) is 14.0 Å². The molecule has 4 amide bonds. The normalized spacial score (nSPS) is 21.6. The fraction of sp³-hybridized carbons (Fsp3) is 0.286. The molecule has 0 aliphatic carbocycles. The number of hydrogen-bond donors (Lipinski definition) is 1. The van der Waals surface area contributed by atoms with E-state index in [1.54, 1.807) is 18.2 Å². The lowest BCUT2D eigenvalue weighted by Crippen LogP contribution is -2.54. The van der Waals surface area contributed by atoms with Gasteiger partial charge in [-0.1, -0.05) is 34.7 Å². The zero-order chi connectivity index (χ0) is 15.1. The zero-order valence-corrected chi connectivity index (χ0v) is 13.0. The Balaban J connectivity index is 2.00. The van der Waals surface area contributed by atoms with Crippen molar-refractivity contribution in [2.75, 3.05) is 0 Å². The van der Waals surface area contributed by atoms with E-state index in [4.69, 9.17) is 0 Å². The van der Waals surface area contributed by atoms with E-state index >= 15 is 0 Å². The number of halogens is 1. The minimum absolute atomic E-state index is 0.128. The van der Waals surface area contributed by atoms with Crippen LogP contribution in [0.5, 0.6) is 0 Å². The highest BCUT2D eigenvalue weighted by molar-refractivity contribution is 14.1. The van der Waals surface area contributed by atoms with Gasteiger partial charge >= 0.3 is 0 Å². The fourth-order valence-corrected chi connectivity index (χ4v) is 3.33. The number of rotatable bonds is 2. The zero-order valence-electron chi connectivity index (χ0n) is 10.9. The number of fused-ring (bicyclic) bond motifs is 1. The predicted octanol–water partition coefficient (Wildman–Crippen LogP) is 1.02. The smallest absolute Gasteiger partial charge is 0.262 e. The molecule has 0 radical (unpaired) electrons. The van der Waals surface area contributed by atoms with Gasteiger partial charge in [0, 0.05) is 10.8 Å². The van der Waals surface area contributed by atoms with Crippen LogP contribution in [0.2, 0.25) is 0 Å². The molecule has 1 unspecified atom stereocenters. The monoisotopic (exact) mass is 398 g/mol. The minimum atomic E-state index is -0.905. The molecule has 2 heterocycles. The van der Waals surface area contributed by atoms with Crippen molar-refractivity contribution < 1.29 is 19.2 Å². The van der Waals surface area contributed by atoms with E-state index < -0.39 is 23.8 Å². The summed E-state index contributed by atoms with van der Waals surface area (Å²) in [6.45, 7) is 0. The first-order valence-electron chi connectivity index (χ1n) is 6.44. The SMILES string of the molecule is O=C1CCC(N2C(=O)c3cccc(CI)c3C2=O)C(=O)N1. The lowest BCUT2D eigenvalue weighted by molar-refractivity contribution is -0.136. The van der Waals surface area contributed by atoms with E-state index in [0.29, 0.717) is 15.6 Å². The van der Waals surface area contributed by atoms with Gasteiger partial charge < -0.3 is 0 Å². The van der Waals surface area contributed by atoms with Crippen LogP contribution < -0.4 is 5.32 Å². The molecule has 0 spiro atoms. The number of carbonyl (C=O) groups is 4. The summed E-state index contributed by atoms with van der Waals surface area (Å²) in [5.41, 5.74) is 1.49. The van der Waals surface area contributed by atoms with Crippen LogP contribution in [0.4, 0.5) is 0 Å². The second-order valence-corrected chi connectivity index (χ2v) is 5.68. The molecule has 0 bridgehead atoms. The maximum atomic E-state index is 12.6. The molecule has 1 aromatic rings. The predicted molar refractivity (Wildman–Crippen MR) is 80.8 cm³/mol. The average Bonchev–Trinajstić information content (AvgIpc) is 2.72. The number of carbonyl (C=O) groups excluding carboxylic acids is 4. The largest absolute Gasteiger partial charge is 0.295 e. The fourth-order valence-electron chi connectivity index (χ4n) is 2.70. The standard InChI is InChI=1S/C14H11IN2O4/c15-6-7-2-1-3-8-11(7)14(21)17(13(8)20)9-4-5-10(18)16-12(9)19/h1-3,9H,4-6H2,(H,16,18,19). The van der Waals surface area contributed by atoms with E-state index in [0.717, 1.165) is 10.5 Å². The molecular formula is C14H11IN2O4. The number of nitrogens with one attached hydrogen (secondary N) is 1. The summed E-state index contributed by atoms with van der Waals surface area (Å²) in [5.74, 6) is -1.87. The van der Waals surface area contributed by atoms with E-state index in [1.807, 2.05) is 0 Å². The van der Waals surface area contributed by atoms with Gasteiger partial charge in [-0.05, 0) is 18.1 Å². The van der Waals surface area contributed by atoms with Crippen molar-refractivity contribution in [1.82, 2.24) is 10.2 Å². The number of alkyl halides is 1. The lowest BCUT2D eigenvalue weighted by Gasteiger charge is -2.27. The third-order valence-electron chi connectivity index (χ3n) is 3.70. The molecule has 1 fully saturated rings. The van der Waals surface area contributed by atoms with Gasteiger partial charge in [0.1, 0.15) is 6.04 Å². The number of benzene rings is 1. The molecule has 0 aromatic heterocycles. The highest BCUT2D eigenvalue weighted by atomic mass is 127. The summed E-state index contributed by atoms with van der Waals surface area (Å²) < 4.78 is 0.600. The molecule has 6 nitrogen and oxygen atoms in total. The Hall–Kier alpha value is -1.77. The van der Waals surface area contributed by atoms with E-state index in [-0.39, 0.29) is 18.7 Å². The van der Waals surface area contributed by atoms with Crippen molar-refractivity contribution in [2.45, 2.75) is 23.3 Å². The van der Waals surface area contributed by atoms with Crippen LogP contribution in [0.25, 0.3) is 0 Å². The van der Waals surface area contributed by atoms with Crippen molar-refractivity contribution in [3.8, 4) is 0 Å². The summed E-state index contributed by atoms with van der Waals surface area (Å²) in [6.07, 6.45) is 0.304. The number of amides is 4. The van der Waals surface area contributed by atoms with Crippen LogP contribution in [0.15, 0.2) is 18.2 Å². The van der Waals surface area contributed by atoms with Gasteiger partial charge in [-0.2, -0.15) is 0 Å². The van der Waals surface area contributed by atoms with Crippen LogP contribution in [-0.4, -0.2) is 34.6 Å². The Bertz CT molecular complexity index is 686. The third kappa shape index (κ3) is 2.15.